The number of hydrogen-bond acceptors (Lipinski definition) is 5. The third-order valence-electron chi connectivity index (χ3n) is 6.07. The first-order valence-electron chi connectivity index (χ1n) is 10.1. The Morgan fingerprint density at radius 2 is 2.13 bits per heavy atom. The van der Waals surface area contributed by atoms with Gasteiger partial charge in [-0.3, -0.25) is 4.79 Å². The van der Waals surface area contributed by atoms with Crippen molar-refractivity contribution in [2.24, 2.45) is 0 Å². The zero-order valence-corrected chi connectivity index (χ0v) is 18.7. The zero-order valence-electron chi connectivity index (χ0n) is 17.1. The van der Waals surface area contributed by atoms with Gasteiger partial charge in [-0.1, -0.05) is 16.8 Å². The first-order valence-corrected chi connectivity index (χ1v) is 10.9. The van der Waals surface area contributed by atoms with E-state index in [4.69, 9.17) is 4.52 Å². The lowest BCUT2D eigenvalue weighted by molar-refractivity contribution is 0.0702. The fourth-order valence-electron chi connectivity index (χ4n) is 4.70. The molecule has 8 heteroatoms. The molecule has 0 spiro atoms. The number of amides is 1. The van der Waals surface area contributed by atoms with Crippen LogP contribution in [0.1, 0.15) is 53.7 Å². The van der Waals surface area contributed by atoms with Crippen LogP contribution in [-0.2, 0) is 0 Å². The van der Waals surface area contributed by atoms with E-state index in [2.05, 4.69) is 44.2 Å². The summed E-state index contributed by atoms with van der Waals surface area (Å²) in [5, 5.41) is 8.61. The highest BCUT2D eigenvalue weighted by Crippen LogP contribution is 2.42. The van der Waals surface area contributed by atoms with E-state index in [1.54, 1.807) is 23.0 Å². The summed E-state index contributed by atoms with van der Waals surface area (Å²) in [6, 6.07) is 1.70. The van der Waals surface area contributed by atoms with Crippen LogP contribution in [0.5, 0.6) is 0 Å². The van der Waals surface area contributed by atoms with Crippen LogP contribution in [0.2, 0.25) is 0 Å². The number of carbonyl (C=O) groups excluding carboxylic acids is 1. The topological polar surface area (TPSA) is 76.5 Å². The Hall–Kier alpha value is -2.74. The van der Waals surface area contributed by atoms with Crippen molar-refractivity contribution in [2.45, 2.75) is 46.1 Å². The number of fused-ring (bicyclic) bond motifs is 1. The van der Waals surface area contributed by atoms with Crippen LogP contribution in [0, 0.1) is 13.8 Å². The largest absolute Gasteiger partial charge is 0.361 e. The molecule has 5 rings (SSSR count). The second-order valence-corrected chi connectivity index (χ2v) is 8.82. The molecule has 0 bridgehead atoms. The SMILES string of the molecule is Cc1noc(C)c1C1=CCCC2=C1C(C)N(C(=O)c1cc3ncc(Br)cn3n1)CC2. The maximum absolute atomic E-state index is 13.4. The molecule has 0 saturated heterocycles. The molecule has 0 saturated carbocycles. The molecule has 0 N–H and O–H groups in total. The third-order valence-corrected chi connectivity index (χ3v) is 6.48. The number of hydrogen-bond donors (Lipinski definition) is 0. The van der Waals surface area contributed by atoms with Gasteiger partial charge in [0.1, 0.15) is 5.76 Å². The van der Waals surface area contributed by atoms with Crippen molar-refractivity contribution in [2.75, 3.05) is 6.54 Å². The van der Waals surface area contributed by atoms with Crippen LogP contribution in [0.4, 0.5) is 0 Å². The van der Waals surface area contributed by atoms with Crippen LogP contribution >= 0.6 is 15.9 Å². The third kappa shape index (κ3) is 3.01. The molecule has 3 aromatic rings. The van der Waals surface area contributed by atoms with E-state index < -0.39 is 0 Å². The molecule has 30 heavy (non-hydrogen) atoms. The van der Waals surface area contributed by atoms with Crippen molar-refractivity contribution in [3.8, 4) is 0 Å². The van der Waals surface area contributed by atoms with Gasteiger partial charge in [-0.05, 0) is 67.1 Å². The lowest BCUT2D eigenvalue weighted by Crippen LogP contribution is -2.44. The van der Waals surface area contributed by atoms with Crippen molar-refractivity contribution < 1.29 is 9.32 Å². The minimum Gasteiger partial charge on any atom is -0.361 e. The Balaban J connectivity index is 1.51. The van der Waals surface area contributed by atoms with Crippen molar-refractivity contribution in [1.82, 2.24) is 24.7 Å². The lowest BCUT2D eigenvalue weighted by Gasteiger charge is -2.39. The predicted octanol–water partition coefficient (Wildman–Crippen LogP) is 4.51. The van der Waals surface area contributed by atoms with Crippen molar-refractivity contribution in [1.29, 1.82) is 0 Å². The summed E-state index contributed by atoms with van der Waals surface area (Å²) in [7, 11) is 0. The van der Waals surface area contributed by atoms with Gasteiger partial charge in [0.25, 0.3) is 5.91 Å². The van der Waals surface area contributed by atoms with Crippen LogP contribution < -0.4 is 0 Å². The smallest absolute Gasteiger partial charge is 0.274 e. The Bertz CT molecular complexity index is 1220. The van der Waals surface area contributed by atoms with Crippen molar-refractivity contribution in [3.05, 3.63) is 62.9 Å². The normalized spacial score (nSPS) is 19.3. The molecular formula is C22H22BrN5O2. The molecule has 0 radical (unpaired) electrons. The molecular weight excluding hydrogens is 446 g/mol. The number of carbonyl (C=O) groups is 1. The molecule has 1 atom stereocenters. The Morgan fingerprint density at radius 3 is 2.90 bits per heavy atom. The first-order chi connectivity index (χ1) is 14.4. The van der Waals surface area contributed by atoms with E-state index in [1.165, 1.54) is 11.1 Å². The molecule has 154 valence electrons. The molecule has 3 aromatic heterocycles. The predicted molar refractivity (Wildman–Crippen MR) is 116 cm³/mol. The van der Waals surface area contributed by atoms with E-state index in [-0.39, 0.29) is 11.9 Å². The molecule has 1 aliphatic heterocycles. The average molecular weight is 468 g/mol. The Labute approximate surface area is 182 Å². The molecule has 4 heterocycles. The molecule has 1 unspecified atom stereocenters. The van der Waals surface area contributed by atoms with Crippen molar-refractivity contribution >= 4 is 33.1 Å². The van der Waals surface area contributed by atoms with Gasteiger partial charge in [-0.2, -0.15) is 5.10 Å². The maximum Gasteiger partial charge on any atom is 0.274 e. The molecule has 7 nitrogen and oxygen atoms in total. The van der Waals surface area contributed by atoms with Gasteiger partial charge in [0, 0.05) is 30.6 Å². The van der Waals surface area contributed by atoms with Crippen LogP contribution in [0.25, 0.3) is 11.2 Å². The van der Waals surface area contributed by atoms with Gasteiger partial charge in [0.05, 0.1) is 16.2 Å². The van der Waals surface area contributed by atoms with E-state index in [1.807, 2.05) is 18.7 Å². The number of halogens is 1. The summed E-state index contributed by atoms with van der Waals surface area (Å²) < 4.78 is 7.88. The van der Waals surface area contributed by atoms with Gasteiger partial charge in [0.2, 0.25) is 0 Å². The number of aromatic nitrogens is 4. The summed E-state index contributed by atoms with van der Waals surface area (Å²) in [5.41, 5.74) is 6.85. The van der Waals surface area contributed by atoms with Crippen LogP contribution in [0.15, 0.2) is 44.7 Å². The molecule has 1 amide bonds. The quantitative estimate of drug-likeness (QED) is 0.554. The average Bonchev–Trinajstić information content (AvgIpc) is 3.30. The summed E-state index contributed by atoms with van der Waals surface area (Å²) in [6.45, 7) is 6.72. The summed E-state index contributed by atoms with van der Waals surface area (Å²) in [4.78, 5) is 19.7. The van der Waals surface area contributed by atoms with Crippen molar-refractivity contribution in [3.63, 3.8) is 0 Å². The first kappa shape index (κ1) is 19.2. The van der Waals surface area contributed by atoms with Gasteiger partial charge >= 0.3 is 0 Å². The standard InChI is InChI=1S/C22H22BrN5O2/c1-12-20(14(3)30-26-12)17-6-4-5-15-7-8-27(13(2)21(15)17)22(29)18-9-19-24-10-16(23)11-28(19)25-18/h6,9-11,13H,4-5,7-8H2,1-3H3. The fraction of sp³-hybridized carbons (Fsp3) is 0.364. The van der Waals surface area contributed by atoms with Gasteiger partial charge < -0.3 is 9.42 Å². The van der Waals surface area contributed by atoms with Gasteiger partial charge in [0.15, 0.2) is 11.3 Å². The molecule has 0 aromatic carbocycles. The molecule has 0 fully saturated rings. The monoisotopic (exact) mass is 467 g/mol. The fourth-order valence-corrected chi connectivity index (χ4v) is 4.99. The number of aryl methyl sites for hydroxylation is 2. The Morgan fingerprint density at radius 1 is 1.30 bits per heavy atom. The minimum atomic E-state index is -0.0700. The summed E-state index contributed by atoms with van der Waals surface area (Å²) >= 11 is 3.40. The van der Waals surface area contributed by atoms with E-state index >= 15 is 0 Å². The summed E-state index contributed by atoms with van der Waals surface area (Å²) in [5.74, 6) is 0.750. The van der Waals surface area contributed by atoms with E-state index in [0.29, 0.717) is 17.9 Å². The minimum absolute atomic E-state index is 0.0500. The maximum atomic E-state index is 13.4. The van der Waals surface area contributed by atoms with Crippen LogP contribution in [-0.4, -0.2) is 43.1 Å². The molecule has 1 aliphatic carbocycles. The number of allylic oxidation sites excluding steroid dienone is 1. The second kappa shape index (κ2) is 7.19. The molecule has 2 aliphatic rings. The van der Waals surface area contributed by atoms with E-state index in [0.717, 1.165) is 46.3 Å². The van der Waals surface area contributed by atoms with Gasteiger partial charge in [-0.15, -0.1) is 0 Å². The highest BCUT2D eigenvalue weighted by molar-refractivity contribution is 9.10. The Kier molecular flexibility index (Phi) is 4.61. The van der Waals surface area contributed by atoms with Gasteiger partial charge in [-0.25, -0.2) is 9.50 Å². The van der Waals surface area contributed by atoms with E-state index in [9.17, 15) is 4.79 Å². The highest BCUT2D eigenvalue weighted by atomic mass is 79.9. The van der Waals surface area contributed by atoms with Crippen LogP contribution in [0.3, 0.4) is 0 Å². The second-order valence-electron chi connectivity index (χ2n) is 7.90. The summed E-state index contributed by atoms with van der Waals surface area (Å²) in [6.07, 6.45) is 8.70. The zero-order chi connectivity index (χ0) is 21.0. The number of rotatable bonds is 2. The lowest BCUT2D eigenvalue weighted by atomic mass is 9.79. The highest BCUT2D eigenvalue weighted by Gasteiger charge is 2.35. The number of nitrogens with zero attached hydrogens (tertiary/aromatic N) is 5.